The van der Waals surface area contributed by atoms with Crippen LogP contribution in [0.5, 0.6) is 5.75 Å². The van der Waals surface area contributed by atoms with Crippen LogP contribution in [-0.4, -0.2) is 36.2 Å². The van der Waals surface area contributed by atoms with Crippen molar-refractivity contribution in [3.8, 4) is 11.8 Å². The maximum absolute atomic E-state index is 12.1. The van der Waals surface area contributed by atoms with E-state index in [0.717, 1.165) is 30.5 Å². The summed E-state index contributed by atoms with van der Waals surface area (Å²) in [5.41, 5.74) is 3.18. The number of nitriles is 1. The fraction of sp³-hybridized carbons (Fsp3) is 0.333. The van der Waals surface area contributed by atoms with Gasteiger partial charge in [0, 0.05) is 17.0 Å². The highest BCUT2D eigenvalue weighted by molar-refractivity contribution is 7.99. The van der Waals surface area contributed by atoms with Crippen molar-refractivity contribution in [3.05, 3.63) is 52.7 Å². The molecule has 0 saturated heterocycles. The Labute approximate surface area is 167 Å². The lowest BCUT2D eigenvalue weighted by Gasteiger charge is -2.07. The topological polar surface area (TPSA) is 89.3 Å². The molecule has 0 amide bonds. The molecule has 0 spiro atoms. The molecule has 2 aromatic rings. The third kappa shape index (κ3) is 4.90. The SMILES string of the molecule is COc1cccc(C(=O)COC(=O)CCSc2nc3c(cc2C#N)CCC3)c1. The number of fused-ring (bicyclic) bond motifs is 1. The summed E-state index contributed by atoms with van der Waals surface area (Å²) in [6.45, 7) is -0.308. The molecule has 7 heteroatoms. The summed E-state index contributed by atoms with van der Waals surface area (Å²) < 4.78 is 10.2. The minimum Gasteiger partial charge on any atom is -0.497 e. The lowest BCUT2D eigenvalue weighted by Crippen LogP contribution is -2.14. The van der Waals surface area contributed by atoms with E-state index < -0.39 is 5.97 Å². The second-order valence-electron chi connectivity index (χ2n) is 6.33. The first kappa shape index (κ1) is 19.9. The highest BCUT2D eigenvalue weighted by Crippen LogP contribution is 2.28. The fourth-order valence-electron chi connectivity index (χ4n) is 2.97. The second kappa shape index (κ2) is 9.38. The Morgan fingerprint density at radius 1 is 1.29 bits per heavy atom. The van der Waals surface area contributed by atoms with Gasteiger partial charge < -0.3 is 9.47 Å². The molecule has 0 aliphatic heterocycles. The number of ether oxygens (including phenoxy) is 2. The number of esters is 1. The van der Waals surface area contributed by atoms with E-state index in [0.29, 0.717) is 27.7 Å². The zero-order chi connectivity index (χ0) is 19.9. The molecule has 0 fully saturated rings. The van der Waals surface area contributed by atoms with E-state index >= 15 is 0 Å². The number of rotatable bonds is 8. The highest BCUT2D eigenvalue weighted by Gasteiger charge is 2.17. The molecule has 1 heterocycles. The molecule has 0 bridgehead atoms. The van der Waals surface area contributed by atoms with Gasteiger partial charge in [-0.3, -0.25) is 9.59 Å². The molecule has 6 nitrogen and oxygen atoms in total. The number of thioether (sulfide) groups is 1. The molecule has 144 valence electrons. The van der Waals surface area contributed by atoms with Crippen molar-refractivity contribution in [3.63, 3.8) is 0 Å². The number of hydrogen-bond acceptors (Lipinski definition) is 7. The van der Waals surface area contributed by atoms with Gasteiger partial charge in [0.05, 0.1) is 19.1 Å². The molecule has 1 aliphatic rings. The van der Waals surface area contributed by atoms with E-state index in [-0.39, 0.29) is 18.8 Å². The van der Waals surface area contributed by atoms with Crippen LogP contribution in [0.4, 0.5) is 0 Å². The zero-order valence-electron chi connectivity index (χ0n) is 15.6. The molecule has 28 heavy (non-hydrogen) atoms. The van der Waals surface area contributed by atoms with E-state index in [9.17, 15) is 14.9 Å². The number of hydrogen-bond donors (Lipinski definition) is 0. The summed E-state index contributed by atoms with van der Waals surface area (Å²) in [6.07, 6.45) is 3.10. The Morgan fingerprint density at radius 2 is 2.14 bits per heavy atom. The van der Waals surface area contributed by atoms with Crippen molar-refractivity contribution >= 4 is 23.5 Å². The van der Waals surface area contributed by atoms with Gasteiger partial charge >= 0.3 is 5.97 Å². The molecule has 1 aliphatic carbocycles. The third-order valence-electron chi connectivity index (χ3n) is 4.44. The molecular formula is C21H20N2O4S. The molecule has 0 radical (unpaired) electrons. The molecular weight excluding hydrogens is 376 g/mol. The Kier molecular flexibility index (Phi) is 6.66. The van der Waals surface area contributed by atoms with Gasteiger partial charge in [-0.2, -0.15) is 5.26 Å². The Balaban J connectivity index is 1.47. The van der Waals surface area contributed by atoms with Crippen molar-refractivity contribution in [2.45, 2.75) is 30.7 Å². The lowest BCUT2D eigenvalue weighted by atomic mass is 10.1. The third-order valence-corrected chi connectivity index (χ3v) is 5.43. The minimum absolute atomic E-state index is 0.139. The summed E-state index contributed by atoms with van der Waals surface area (Å²) in [5.74, 6) is 0.270. The predicted molar refractivity (Wildman–Crippen MR) is 105 cm³/mol. The second-order valence-corrected chi connectivity index (χ2v) is 7.41. The van der Waals surface area contributed by atoms with Gasteiger partial charge in [-0.15, -0.1) is 11.8 Å². The van der Waals surface area contributed by atoms with E-state index in [1.165, 1.54) is 18.9 Å². The largest absolute Gasteiger partial charge is 0.497 e. The summed E-state index contributed by atoms with van der Waals surface area (Å²) in [7, 11) is 1.52. The highest BCUT2D eigenvalue weighted by atomic mass is 32.2. The predicted octanol–water partition coefficient (Wildman–Crippen LogP) is 3.36. The normalized spacial score (nSPS) is 12.1. The Morgan fingerprint density at radius 3 is 2.93 bits per heavy atom. The van der Waals surface area contributed by atoms with Crippen molar-refractivity contribution in [2.24, 2.45) is 0 Å². The van der Waals surface area contributed by atoms with E-state index in [4.69, 9.17) is 9.47 Å². The fourth-order valence-corrected chi connectivity index (χ4v) is 3.87. The van der Waals surface area contributed by atoms with Crippen LogP contribution in [0.1, 0.15) is 40.0 Å². The Hall–Kier alpha value is -2.85. The standard InChI is InChI=1S/C21H20N2O4S/c1-26-17-6-2-5-15(11-17)19(24)13-27-20(25)8-9-28-21-16(12-22)10-14-4-3-7-18(14)23-21/h2,5-6,10-11H,3-4,7-9,13H2,1H3. The van der Waals surface area contributed by atoms with Crippen LogP contribution in [0.3, 0.4) is 0 Å². The number of carbonyl (C=O) groups is 2. The minimum atomic E-state index is -0.455. The quantitative estimate of drug-likeness (QED) is 0.384. The maximum Gasteiger partial charge on any atom is 0.307 e. The molecule has 0 N–H and O–H groups in total. The van der Waals surface area contributed by atoms with Crippen LogP contribution in [0.25, 0.3) is 0 Å². The van der Waals surface area contributed by atoms with E-state index in [1.54, 1.807) is 24.3 Å². The summed E-state index contributed by atoms with van der Waals surface area (Å²) in [6, 6.07) is 10.8. The first-order chi connectivity index (χ1) is 13.6. The first-order valence-corrected chi connectivity index (χ1v) is 9.98. The molecule has 0 saturated carbocycles. The van der Waals surface area contributed by atoms with Crippen molar-refractivity contribution < 1.29 is 19.1 Å². The molecule has 1 aromatic heterocycles. The van der Waals surface area contributed by atoms with Gasteiger partial charge in [-0.25, -0.2) is 4.98 Å². The summed E-state index contributed by atoms with van der Waals surface area (Å²) >= 11 is 1.37. The van der Waals surface area contributed by atoms with Crippen molar-refractivity contribution in [1.29, 1.82) is 5.26 Å². The number of benzene rings is 1. The molecule has 1 aromatic carbocycles. The number of Topliss-reactive ketones (excluding diaryl/α,β-unsaturated/α-hetero) is 1. The smallest absolute Gasteiger partial charge is 0.307 e. The number of ketones is 1. The Bertz CT molecular complexity index is 936. The van der Waals surface area contributed by atoms with Gasteiger partial charge in [-0.05, 0) is 43.0 Å². The molecule has 0 unspecified atom stereocenters. The molecule has 3 rings (SSSR count). The van der Waals surface area contributed by atoms with Crippen LogP contribution in [0.15, 0.2) is 35.4 Å². The van der Waals surface area contributed by atoms with Gasteiger partial charge in [0.2, 0.25) is 0 Å². The maximum atomic E-state index is 12.1. The van der Waals surface area contributed by atoms with E-state index in [1.807, 2.05) is 6.07 Å². The van der Waals surface area contributed by atoms with Gasteiger partial charge in [0.1, 0.15) is 16.8 Å². The van der Waals surface area contributed by atoms with Crippen LogP contribution >= 0.6 is 11.8 Å². The van der Waals surface area contributed by atoms with Gasteiger partial charge in [0.25, 0.3) is 0 Å². The van der Waals surface area contributed by atoms with Crippen LogP contribution in [0, 0.1) is 11.3 Å². The molecule has 0 atom stereocenters. The van der Waals surface area contributed by atoms with Gasteiger partial charge in [0.15, 0.2) is 12.4 Å². The van der Waals surface area contributed by atoms with E-state index in [2.05, 4.69) is 11.1 Å². The lowest BCUT2D eigenvalue weighted by molar-refractivity contribution is -0.141. The average molecular weight is 396 g/mol. The number of methoxy groups -OCH3 is 1. The van der Waals surface area contributed by atoms with Crippen molar-refractivity contribution in [2.75, 3.05) is 19.5 Å². The number of carbonyl (C=O) groups excluding carboxylic acids is 2. The average Bonchev–Trinajstić information content (AvgIpc) is 3.18. The number of aromatic nitrogens is 1. The summed E-state index contributed by atoms with van der Waals surface area (Å²) in [4.78, 5) is 28.6. The van der Waals surface area contributed by atoms with Crippen LogP contribution < -0.4 is 4.74 Å². The van der Waals surface area contributed by atoms with Crippen molar-refractivity contribution in [1.82, 2.24) is 4.98 Å². The number of aryl methyl sites for hydroxylation is 2. The zero-order valence-corrected chi connectivity index (χ0v) is 16.4. The van der Waals surface area contributed by atoms with Crippen LogP contribution in [0.2, 0.25) is 0 Å². The summed E-state index contributed by atoms with van der Waals surface area (Å²) in [5, 5.41) is 9.96. The van der Waals surface area contributed by atoms with Gasteiger partial charge in [-0.1, -0.05) is 12.1 Å². The first-order valence-electron chi connectivity index (χ1n) is 8.99. The number of pyridine rings is 1. The monoisotopic (exact) mass is 396 g/mol. The van der Waals surface area contributed by atoms with Crippen LogP contribution in [-0.2, 0) is 22.4 Å². The number of nitrogens with zero attached hydrogens (tertiary/aromatic N) is 2.